The predicted octanol–water partition coefficient (Wildman–Crippen LogP) is 2.13. The molecule has 7 nitrogen and oxygen atoms in total. The fraction of sp³-hybridized carbons (Fsp3) is 0. The van der Waals surface area contributed by atoms with Gasteiger partial charge in [-0.15, -0.1) is 0 Å². The van der Waals surface area contributed by atoms with Crippen LogP contribution < -0.4 is 10.7 Å². The Labute approximate surface area is 141 Å². The summed E-state index contributed by atoms with van der Waals surface area (Å²) in [5.41, 5.74) is 2.75. The van der Waals surface area contributed by atoms with E-state index in [1.807, 2.05) is 5.43 Å². The number of rotatable bonds is 4. The third kappa shape index (κ3) is 4.65. The van der Waals surface area contributed by atoms with Gasteiger partial charge in [0.25, 0.3) is 0 Å². The van der Waals surface area contributed by atoms with E-state index in [4.69, 9.17) is 16.7 Å². The van der Waals surface area contributed by atoms with E-state index >= 15 is 0 Å². The van der Waals surface area contributed by atoms with E-state index in [-0.39, 0.29) is 5.56 Å². The number of anilines is 1. The van der Waals surface area contributed by atoms with E-state index in [1.54, 1.807) is 36.4 Å². The molecular formula is C16H12ClN3O4. The minimum Gasteiger partial charge on any atom is -0.478 e. The maximum Gasteiger partial charge on any atom is 0.336 e. The highest BCUT2D eigenvalue weighted by Crippen LogP contribution is 2.13. The van der Waals surface area contributed by atoms with Gasteiger partial charge in [-0.1, -0.05) is 29.8 Å². The first-order valence-electron chi connectivity index (χ1n) is 6.69. The SMILES string of the molecule is O=C(N/N=C\c1ccccc1C(=O)O)C(=O)Nc1ccc(Cl)cc1. The van der Waals surface area contributed by atoms with Crippen LogP contribution in [0.5, 0.6) is 0 Å². The van der Waals surface area contributed by atoms with Crippen LogP contribution >= 0.6 is 11.6 Å². The predicted molar refractivity (Wildman–Crippen MR) is 89.2 cm³/mol. The standard InChI is InChI=1S/C16H12ClN3O4/c17-11-5-7-12(8-6-11)19-14(21)15(22)20-18-9-10-3-1-2-4-13(10)16(23)24/h1-9H,(H,19,21)(H,20,22)(H,23,24)/b18-9-. The molecule has 0 aliphatic heterocycles. The number of carbonyl (C=O) groups excluding carboxylic acids is 2. The molecule has 24 heavy (non-hydrogen) atoms. The third-order valence-electron chi connectivity index (χ3n) is 2.87. The Hall–Kier alpha value is -3.19. The number of nitrogens with one attached hydrogen (secondary N) is 2. The quantitative estimate of drug-likeness (QED) is 0.448. The van der Waals surface area contributed by atoms with Crippen molar-refractivity contribution < 1.29 is 19.5 Å². The lowest BCUT2D eigenvalue weighted by Crippen LogP contribution is -2.32. The molecule has 0 aromatic heterocycles. The molecule has 0 radical (unpaired) electrons. The highest BCUT2D eigenvalue weighted by molar-refractivity contribution is 6.39. The van der Waals surface area contributed by atoms with Crippen molar-refractivity contribution >= 4 is 41.3 Å². The van der Waals surface area contributed by atoms with Gasteiger partial charge in [-0.25, -0.2) is 10.2 Å². The molecule has 0 bridgehead atoms. The zero-order chi connectivity index (χ0) is 17.5. The molecule has 0 spiro atoms. The highest BCUT2D eigenvalue weighted by atomic mass is 35.5. The molecule has 0 heterocycles. The number of carboxylic acid groups (broad SMARTS) is 1. The summed E-state index contributed by atoms with van der Waals surface area (Å²) >= 11 is 5.72. The van der Waals surface area contributed by atoms with Crippen molar-refractivity contribution in [1.29, 1.82) is 0 Å². The van der Waals surface area contributed by atoms with Crippen molar-refractivity contribution in [1.82, 2.24) is 5.43 Å². The van der Waals surface area contributed by atoms with Crippen molar-refractivity contribution in [2.24, 2.45) is 5.10 Å². The summed E-state index contributed by atoms with van der Waals surface area (Å²) in [6, 6.07) is 12.3. The van der Waals surface area contributed by atoms with Crippen LogP contribution in [0.1, 0.15) is 15.9 Å². The first-order valence-corrected chi connectivity index (χ1v) is 7.07. The summed E-state index contributed by atoms with van der Waals surface area (Å²) in [6.45, 7) is 0. The first-order chi connectivity index (χ1) is 11.5. The van der Waals surface area contributed by atoms with Gasteiger partial charge < -0.3 is 10.4 Å². The number of hydrogen-bond acceptors (Lipinski definition) is 4. The summed E-state index contributed by atoms with van der Waals surface area (Å²) in [5, 5.41) is 15.5. The Morgan fingerprint density at radius 3 is 2.33 bits per heavy atom. The molecule has 3 N–H and O–H groups in total. The van der Waals surface area contributed by atoms with Crippen LogP contribution in [-0.4, -0.2) is 29.1 Å². The second-order valence-electron chi connectivity index (χ2n) is 4.55. The van der Waals surface area contributed by atoms with E-state index in [2.05, 4.69) is 10.4 Å². The largest absolute Gasteiger partial charge is 0.478 e. The molecule has 2 aromatic rings. The van der Waals surface area contributed by atoms with Gasteiger partial charge in [-0.05, 0) is 30.3 Å². The van der Waals surface area contributed by atoms with E-state index in [0.717, 1.165) is 6.21 Å². The lowest BCUT2D eigenvalue weighted by Gasteiger charge is -2.04. The third-order valence-corrected chi connectivity index (χ3v) is 3.12. The van der Waals surface area contributed by atoms with Gasteiger partial charge in [0.2, 0.25) is 0 Å². The molecule has 0 aliphatic rings. The molecule has 2 rings (SSSR count). The maximum absolute atomic E-state index is 11.7. The van der Waals surface area contributed by atoms with E-state index in [0.29, 0.717) is 16.3 Å². The second kappa shape index (κ2) is 7.89. The monoisotopic (exact) mass is 345 g/mol. The van der Waals surface area contributed by atoms with Gasteiger partial charge >= 0.3 is 17.8 Å². The normalized spacial score (nSPS) is 10.4. The zero-order valence-electron chi connectivity index (χ0n) is 12.2. The Kier molecular flexibility index (Phi) is 5.64. The Morgan fingerprint density at radius 1 is 1.00 bits per heavy atom. The molecule has 0 saturated heterocycles. The first kappa shape index (κ1) is 17.2. The highest BCUT2D eigenvalue weighted by Gasteiger charge is 2.13. The lowest BCUT2D eigenvalue weighted by molar-refractivity contribution is -0.136. The van der Waals surface area contributed by atoms with Crippen LogP contribution in [0, 0.1) is 0 Å². The van der Waals surface area contributed by atoms with Gasteiger partial charge in [-0.3, -0.25) is 9.59 Å². The van der Waals surface area contributed by atoms with Gasteiger partial charge in [0.15, 0.2) is 0 Å². The molecule has 8 heteroatoms. The molecule has 2 amide bonds. The minimum atomic E-state index is -1.12. The molecule has 122 valence electrons. The summed E-state index contributed by atoms with van der Waals surface area (Å²) in [6.07, 6.45) is 1.15. The number of amides is 2. The van der Waals surface area contributed by atoms with Crippen LogP contribution in [0.2, 0.25) is 5.02 Å². The summed E-state index contributed by atoms with van der Waals surface area (Å²) < 4.78 is 0. The van der Waals surface area contributed by atoms with Crippen LogP contribution in [0.4, 0.5) is 5.69 Å². The maximum atomic E-state index is 11.7. The van der Waals surface area contributed by atoms with Crippen molar-refractivity contribution in [3.8, 4) is 0 Å². The Bertz CT molecular complexity index is 803. The van der Waals surface area contributed by atoms with Gasteiger partial charge in [0.1, 0.15) is 0 Å². The van der Waals surface area contributed by atoms with Crippen molar-refractivity contribution in [3.05, 3.63) is 64.7 Å². The second-order valence-corrected chi connectivity index (χ2v) is 4.99. The molecule has 0 saturated carbocycles. The van der Waals surface area contributed by atoms with Crippen LogP contribution in [0.15, 0.2) is 53.6 Å². The molecular weight excluding hydrogens is 334 g/mol. The minimum absolute atomic E-state index is 0.0288. The molecule has 2 aromatic carbocycles. The summed E-state index contributed by atoms with van der Waals surface area (Å²) in [7, 11) is 0. The number of carboxylic acids is 1. The van der Waals surface area contributed by atoms with E-state index in [9.17, 15) is 14.4 Å². The zero-order valence-corrected chi connectivity index (χ0v) is 12.9. The number of hydrazone groups is 1. The van der Waals surface area contributed by atoms with Crippen molar-refractivity contribution in [2.75, 3.05) is 5.32 Å². The summed E-state index contributed by atoms with van der Waals surface area (Å²) in [4.78, 5) is 34.4. The number of benzene rings is 2. The van der Waals surface area contributed by atoms with Gasteiger partial charge in [0.05, 0.1) is 11.8 Å². The van der Waals surface area contributed by atoms with E-state index in [1.165, 1.54) is 12.1 Å². The number of aromatic carboxylic acids is 1. The molecule has 0 atom stereocenters. The van der Waals surface area contributed by atoms with Crippen LogP contribution in [0.25, 0.3) is 0 Å². The Morgan fingerprint density at radius 2 is 1.67 bits per heavy atom. The fourth-order valence-corrected chi connectivity index (χ4v) is 1.86. The Balaban J connectivity index is 1.96. The number of carbonyl (C=O) groups is 3. The molecule has 0 fully saturated rings. The van der Waals surface area contributed by atoms with Crippen LogP contribution in [-0.2, 0) is 9.59 Å². The average Bonchev–Trinajstić information content (AvgIpc) is 2.57. The number of halogens is 1. The van der Waals surface area contributed by atoms with Crippen molar-refractivity contribution in [3.63, 3.8) is 0 Å². The number of hydrogen-bond donors (Lipinski definition) is 3. The van der Waals surface area contributed by atoms with Crippen LogP contribution in [0.3, 0.4) is 0 Å². The lowest BCUT2D eigenvalue weighted by atomic mass is 10.1. The number of nitrogens with zero attached hydrogens (tertiary/aromatic N) is 1. The molecule has 0 aliphatic carbocycles. The topological polar surface area (TPSA) is 108 Å². The molecule has 0 unspecified atom stereocenters. The van der Waals surface area contributed by atoms with Crippen molar-refractivity contribution in [2.45, 2.75) is 0 Å². The van der Waals surface area contributed by atoms with Gasteiger partial charge in [0, 0.05) is 16.3 Å². The smallest absolute Gasteiger partial charge is 0.336 e. The van der Waals surface area contributed by atoms with Gasteiger partial charge in [-0.2, -0.15) is 5.10 Å². The van der Waals surface area contributed by atoms with E-state index < -0.39 is 17.8 Å². The fourth-order valence-electron chi connectivity index (χ4n) is 1.74. The average molecular weight is 346 g/mol. The summed E-state index contributed by atoms with van der Waals surface area (Å²) in [5.74, 6) is -3.03.